The van der Waals surface area contributed by atoms with Gasteiger partial charge in [0.25, 0.3) is 5.69 Å². The van der Waals surface area contributed by atoms with E-state index >= 15 is 0 Å². The number of halogens is 3. The molecular weight excluding hydrogens is 319 g/mol. The maximum absolute atomic E-state index is 12.9. The number of nitriles is 1. The van der Waals surface area contributed by atoms with Gasteiger partial charge in [0.2, 0.25) is 0 Å². The van der Waals surface area contributed by atoms with Crippen molar-refractivity contribution in [1.82, 2.24) is 0 Å². The topological polar surface area (TPSA) is 116 Å². The van der Waals surface area contributed by atoms with Crippen LogP contribution in [0.4, 0.5) is 24.5 Å². The number of hydrogen-bond acceptors (Lipinski definition) is 5. The van der Waals surface area contributed by atoms with Crippen LogP contribution in [-0.4, -0.2) is 16.0 Å². The van der Waals surface area contributed by atoms with Crippen molar-refractivity contribution >= 4 is 17.3 Å². The summed E-state index contributed by atoms with van der Waals surface area (Å²) in [4.78, 5) is 20.4. The predicted molar refractivity (Wildman–Crippen MR) is 72.3 cm³/mol. The number of anilines is 1. The number of benzene rings is 1. The van der Waals surface area contributed by atoms with E-state index in [-0.39, 0.29) is 17.8 Å². The molecule has 23 heavy (non-hydrogen) atoms. The second kappa shape index (κ2) is 6.78. The Hall–Kier alpha value is -3.09. The fourth-order valence-corrected chi connectivity index (χ4v) is 1.75. The number of nitrogens with one attached hydrogen (secondary N) is 1. The highest BCUT2D eigenvalue weighted by atomic mass is 19.4. The standard InChI is InChI=1S/C13H10F3N3O4/c1-2-10(8(6-17)12(20)21)18-7-3-4-11(19(22)23)9(5-7)13(14,15)16/h3-5,18H,2H2,1H3,(H,20,21). The molecule has 0 heterocycles. The predicted octanol–water partition coefficient (Wildman–Crippen LogP) is 3.30. The van der Waals surface area contributed by atoms with Crippen molar-refractivity contribution in [3.8, 4) is 6.07 Å². The van der Waals surface area contributed by atoms with E-state index in [4.69, 9.17) is 10.4 Å². The van der Waals surface area contributed by atoms with Gasteiger partial charge in [0, 0.05) is 17.5 Å². The molecule has 0 amide bonds. The van der Waals surface area contributed by atoms with E-state index in [1.807, 2.05) is 0 Å². The molecule has 0 aliphatic carbocycles. The van der Waals surface area contributed by atoms with Gasteiger partial charge >= 0.3 is 12.1 Å². The van der Waals surface area contributed by atoms with E-state index in [0.29, 0.717) is 12.1 Å². The second-order valence-corrected chi connectivity index (χ2v) is 4.24. The lowest BCUT2D eigenvalue weighted by atomic mass is 10.1. The van der Waals surface area contributed by atoms with Gasteiger partial charge < -0.3 is 10.4 Å². The van der Waals surface area contributed by atoms with Crippen LogP contribution in [0, 0.1) is 21.4 Å². The lowest BCUT2D eigenvalue weighted by Crippen LogP contribution is -2.12. The third-order valence-corrected chi connectivity index (χ3v) is 2.77. The minimum absolute atomic E-state index is 0.0353. The molecule has 0 aromatic heterocycles. The maximum atomic E-state index is 12.9. The van der Waals surface area contributed by atoms with Gasteiger partial charge in [-0.3, -0.25) is 10.1 Å². The Labute approximate surface area is 127 Å². The highest BCUT2D eigenvalue weighted by Gasteiger charge is 2.38. The van der Waals surface area contributed by atoms with Gasteiger partial charge in [0.1, 0.15) is 11.6 Å². The Morgan fingerprint density at radius 3 is 2.48 bits per heavy atom. The van der Waals surface area contributed by atoms with Crippen LogP contribution in [0.1, 0.15) is 18.9 Å². The van der Waals surface area contributed by atoms with Crippen LogP contribution in [0.25, 0.3) is 0 Å². The molecule has 0 unspecified atom stereocenters. The molecule has 122 valence electrons. The zero-order valence-corrected chi connectivity index (χ0v) is 11.6. The number of rotatable bonds is 5. The zero-order valence-electron chi connectivity index (χ0n) is 11.6. The molecule has 0 atom stereocenters. The second-order valence-electron chi connectivity index (χ2n) is 4.24. The minimum atomic E-state index is -4.96. The summed E-state index contributed by atoms with van der Waals surface area (Å²) in [6, 6.07) is 3.58. The van der Waals surface area contributed by atoms with Gasteiger partial charge in [-0.1, -0.05) is 6.92 Å². The first-order valence-corrected chi connectivity index (χ1v) is 6.11. The summed E-state index contributed by atoms with van der Waals surface area (Å²) in [5, 5.41) is 30.7. The fraction of sp³-hybridized carbons (Fsp3) is 0.231. The Balaban J connectivity index is 3.39. The third kappa shape index (κ3) is 4.19. The van der Waals surface area contributed by atoms with Crippen molar-refractivity contribution in [2.75, 3.05) is 5.32 Å². The number of nitrogens with zero attached hydrogens (tertiary/aromatic N) is 2. The van der Waals surface area contributed by atoms with Crippen molar-refractivity contribution in [3.63, 3.8) is 0 Å². The smallest absolute Gasteiger partial charge is 0.423 e. The number of aliphatic carboxylic acids is 1. The molecule has 2 N–H and O–H groups in total. The van der Waals surface area contributed by atoms with Gasteiger partial charge in [0.05, 0.1) is 4.92 Å². The summed E-state index contributed by atoms with van der Waals surface area (Å²) >= 11 is 0. The number of nitro benzene ring substituents is 1. The van der Waals surface area contributed by atoms with Crippen LogP contribution >= 0.6 is 0 Å². The van der Waals surface area contributed by atoms with Crippen LogP contribution in [-0.2, 0) is 11.0 Å². The van der Waals surface area contributed by atoms with Gasteiger partial charge in [0.15, 0.2) is 5.57 Å². The number of carboxylic acid groups (broad SMARTS) is 1. The first-order chi connectivity index (χ1) is 10.6. The van der Waals surface area contributed by atoms with Gasteiger partial charge in [-0.2, -0.15) is 18.4 Å². The molecule has 0 radical (unpaired) electrons. The van der Waals surface area contributed by atoms with Crippen LogP contribution < -0.4 is 5.32 Å². The molecular formula is C13H10F3N3O4. The highest BCUT2D eigenvalue weighted by Crippen LogP contribution is 2.37. The van der Waals surface area contributed by atoms with Crippen molar-refractivity contribution in [3.05, 3.63) is 45.1 Å². The van der Waals surface area contributed by atoms with Crippen molar-refractivity contribution in [1.29, 1.82) is 5.26 Å². The highest BCUT2D eigenvalue weighted by molar-refractivity contribution is 5.92. The normalized spacial score (nSPS) is 12.1. The Morgan fingerprint density at radius 2 is 2.09 bits per heavy atom. The monoisotopic (exact) mass is 329 g/mol. The summed E-state index contributed by atoms with van der Waals surface area (Å²) in [7, 11) is 0. The quantitative estimate of drug-likeness (QED) is 0.370. The van der Waals surface area contributed by atoms with Crippen molar-refractivity contribution in [2.24, 2.45) is 0 Å². The first-order valence-electron chi connectivity index (χ1n) is 6.11. The molecule has 0 aliphatic rings. The van der Waals surface area contributed by atoms with E-state index < -0.39 is 33.9 Å². The fourth-order valence-electron chi connectivity index (χ4n) is 1.75. The van der Waals surface area contributed by atoms with Crippen molar-refractivity contribution in [2.45, 2.75) is 19.5 Å². The molecule has 0 aliphatic heterocycles. The molecule has 0 fully saturated rings. The van der Waals surface area contributed by atoms with Crippen LogP contribution in [0.15, 0.2) is 29.5 Å². The number of carbonyl (C=O) groups is 1. The Morgan fingerprint density at radius 1 is 1.48 bits per heavy atom. The molecule has 1 aromatic carbocycles. The van der Waals surface area contributed by atoms with Gasteiger partial charge in [-0.25, -0.2) is 4.79 Å². The number of carboxylic acids is 1. The summed E-state index contributed by atoms with van der Waals surface area (Å²) < 4.78 is 38.6. The molecule has 0 bridgehead atoms. The molecule has 0 saturated carbocycles. The Bertz CT molecular complexity index is 720. The SMILES string of the molecule is CCC(Nc1ccc([N+](=O)[O-])c(C(F)(F)F)c1)=C(C#N)C(=O)O. The van der Waals surface area contributed by atoms with Crippen LogP contribution in [0.2, 0.25) is 0 Å². The summed E-state index contributed by atoms with van der Waals surface area (Å²) in [6.07, 6.45) is -4.92. The number of hydrogen-bond donors (Lipinski definition) is 2. The van der Waals surface area contributed by atoms with Crippen molar-refractivity contribution < 1.29 is 28.0 Å². The summed E-state index contributed by atoms with van der Waals surface area (Å²) in [5.74, 6) is -1.53. The van der Waals surface area contributed by atoms with Gasteiger partial charge in [-0.05, 0) is 18.6 Å². The Kier molecular flexibility index (Phi) is 5.29. The van der Waals surface area contributed by atoms with E-state index in [9.17, 15) is 28.1 Å². The lowest BCUT2D eigenvalue weighted by Gasteiger charge is -2.13. The van der Waals surface area contributed by atoms with E-state index in [1.165, 1.54) is 13.0 Å². The first kappa shape index (κ1) is 18.0. The van der Waals surface area contributed by atoms with Crippen LogP contribution in [0.3, 0.4) is 0 Å². The molecule has 1 rings (SSSR count). The van der Waals surface area contributed by atoms with Crippen LogP contribution in [0.5, 0.6) is 0 Å². The average Bonchev–Trinajstić information content (AvgIpc) is 2.45. The summed E-state index contributed by atoms with van der Waals surface area (Å²) in [6.45, 7) is 1.50. The largest absolute Gasteiger partial charge is 0.477 e. The van der Waals surface area contributed by atoms with E-state index in [2.05, 4.69) is 5.32 Å². The number of alkyl halides is 3. The maximum Gasteiger partial charge on any atom is 0.423 e. The number of allylic oxidation sites excluding steroid dienone is 1. The van der Waals surface area contributed by atoms with Gasteiger partial charge in [-0.15, -0.1) is 0 Å². The molecule has 10 heteroatoms. The molecule has 0 saturated heterocycles. The number of nitro groups is 1. The summed E-state index contributed by atoms with van der Waals surface area (Å²) in [5.41, 5.74) is -3.57. The van der Waals surface area contributed by atoms with E-state index in [0.717, 1.165) is 6.07 Å². The lowest BCUT2D eigenvalue weighted by molar-refractivity contribution is -0.388. The third-order valence-electron chi connectivity index (χ3n) is 2.77. The molecule has 0 spiro atoms. The zero-order chi connectivity index (χ0) is 17.8. The molecule has 1 aromatic rings. The minimum Gasteiger partial charge on any atom is -0.477 e. The average molecular weight is 329 g/mol. The van der Waals surface area contributed by atoms with E-state index in [1.54, 1.807) is 0 Å². The molecule has 7 nitrogen and oxygen atoms in total.